The molecule has 3 nitrogen and oxygen atoms in total. The van der Waals surface area contributed by atoms with Crippen LogP contribution >= 0.6 is 11.8 Å². The maximum absolute atomic E-state index is 8.59. The van der Waals surface area contributed by atoms with Crippen LogP contribution in [-0.4, -0.2) is 29.8 Å². The maximum atomic E-state index is 8.59. The Morgan fingerprint density at radius 1 is 1.27 bits per heavy atom. The van der Waals surface area contributed by atoms with Crippen molar-refractivity contribution in [2.24, 2.45) is 0 Å². The molecule has 0 spiro atoms. The number of hydrogen-bond donors (Lipinski definition) is 3. The zero-order valence-electron chi connectivity index (χ0n) is 8.78. The Hall–Kier alpha value is -0.870. The molecule has 4 N–H and O–H groups in total. The Morgan fingerprint density at radius 2 is 2.07 bits per heavy atom. The summed E-state index contributed by atoms with van der Waals surface area (Å²) in [6, 6.07) is 7.77. The zero-order valence-corrected chi connectivity index (χ0v) is 9.59. The molecule has 1 aromatic carbocycles. The third-order valence-corrected chi connectivity index (χ3v) is 3.04. The minimum Gasteiger partial charge on any atom is -0.397 e. The van der Waals surface area contributed by atoms with Crippen molar-refractivity contribution in [1.29, 1.82) is 0 Å². The Kier molecular flexibility index (Phi) is 6.04. The molecule has 0 aliphatic carbocycles. The third kappa shape index (κ3) is 4.95. The van der Waals surface area contributed by atoms with Gasteiger partial charge in [-0.2, -0.15) is 11.8 Å². The number of benzene rings is 1. The van der Waals surface area contributed by atoms with Crippen molar-refractivity contribution in [3.05, 3.63) is 24.3 Å². The predicted octanol–water partition coefficient (Wildman–Crippen LogP) is 1.80. The van der Waals surface area contributed by atoms with Gasteiger partial charge in [0, 0.05) is 18.9 Å². The second kappa shape index (κ2) is 7.43. The van der Waals surface area contributed by atoms with Crippen molar-refractivity contribution in [3.8, 4) is 0 Å². The molecular formula is C11H18N2OS. The van der Waals surface area contributed by atoms with Crippen LogP contribution < -0.4 is 11.1 Å². The minimum atomic E-state index is 0.284. The number of hydrogen-bond acceptors (Lipinski definition) is 4. The molecule has 0 aromatic heterocycles. The first-order valence-corrected chi connectivity index (χ1v) is 6.27. The fourth-order valence-corrected chi connectivity index (χ4v) is 1.97. The Bertz CT molecular complexity index is 281. The van der Waals surface area contributed by atoms with Gasteiger partial charge < -0.3 is 16.2 Å². The minimum absolute atomic E-state index is 0.284. The van der Waals surface area contributed by atoms with E-state index in [1.54, 1.807) is 0 Å². The van der Waals surface area contributed by atoms with Crippen LogP contribution in [0.2, 0.25) is 0 Å². The molecule has 0 unspecified atom stereocenters. The van der Waals surface area contributed by atoms with Gasteiger partial charge in [-0.3, -0.25) is 0 Å². The van der Waals surface area contributed by atoms with Crippen LogP contribution in [0.3, 0.4) is 0 Å². The van der Waals surface area contributed by atoms with Crippen molar-refractivity contribution >= 4 is 23.1 Å². The molecular weight excluding hydrogens is 208 g/mol. The summed E-state index contributed by atoms with van der Waals surface area (Å²) in [5.41, 5.74) is 7.57. The van der Waals surface area contributed by atoms with Crippen LogP contribution in [0.1, 0.15) is 6.42 Å². The summed E-state index contributed by atoms with van der Waals surface area (Å²) >= 11 is 1.84. The molecule has 4 heteroatoms. The van der Waals surface area contributed by atoms with Crippen LogP contribution in [0.5, 0.6) is 0 Å². The number of para-hydroxylation sites is 2. The summed E-state index contributed by atoms with van der Waals surface area (Å²) in [4.78, 5) is 0. The molecule has 0 radical (unpaired) electrons. The number of rotatable bonds is 7. The molecule has 0 heterocycles. The highest BCUT2D eigenvalue weighted by molar-refractivity contribution is 7.99. The third-order valence-electron chi connectivity index (χ3n) is 1.97. The van der Waals surface area contributed by atoms with E-state index in [9.17, 15) is 0 Å². The first-order chi connectivity index (χ1) is 7.34. The van der Waals surface area contributed by atoms with Crippen LogP contribution in [-0.2, 0) is 0 Å². The number of nitrogen functional groups attached to an aromatic ring is 1. The topological polar surface area (TPSA) is 58.3 Å². The fourth-order valence-electron chi connectivity index (χ4n) is 1.18. The number of aliphatic hydroxyl groups excluding tert-OH is 1. The molecule has 15 heavy (non-hydrogen) atoms. The standard InChI is InChI=1S/C11H18N2OS/c12-10-4-1-2-5-11(10)13-6-9-15-8-3-7-14/h1-2,4-5,13-14H,3,6-9,12H2. The van der Waals surface area contributed by atoms with E-state index in [1.165, 1.54) is 0 Å². The van der Waals surface area contributed by atoms with E-state index in [0.717, 1.165) is 35.8 Å². The summed E-state index contributed by atoms with van der Waals surface area (Å²) in [6.45, 7) is 1.19. The van der Waals surface area contributed by atoms with Crippen LogP contribution in [0, 0.1) is 0 Å². The van der Waals surface area contributed by atoms with E-state index in [2.05, 4.69) is 5.32 Å². The van der Waals surface area contributed by atoms with Crippen LogP contribution in [0.4, 0.5) is 11.4 Å². The summed E-state index contributed by atoms with van der Waals surface area (Å²) in [6.07, 6.45) is 0.873. The summed E-state index contributed by atoms with van der Waals surface area (Å²) in [7, 11) is 0. The SMILES string of the molecule is Nc1ccccc1NCCSCCCO. The number of aliphatic hydroxyl groups is 1. The normalized spacial score (nSPS) is 10.2. The molecule has 0 bridgehead atoms. The highest BCUT2D eigenvalue weighted by Gasteiger charge is 1.95. The molecule has 84 valence electrons. The molecule has 0 aliphatic heterocycles. The van der Waals surface area contributed by atoms with Crippen LogP contribution in [0.25, 0.3) is 0 Å². The molecule has 0 saturated carbocycles. The van der Waals surface area contributed by atoms with E-state index in [1.807, 2.05) is 36.0 Å². The van der Waals surface area contributed by atoms with Gasteiger partial charge in [0.05, 0.1) is 11.4 Å². The number of thioether (sulfide) groups is 1. The molecule has 0 fully saturated rings. The van der Waals surface area contributed by atoms with E-state index in [-0.39, 0.29) is 6.61 Å². The average molecular weight is 226 g/mol. The number of nitrogens with two attached hydrogens (primary N) is 1. The van der Waals surface area contributed by atoms with Gasteiger partial charge in [-0.1, -0.05) is 12.1 Å². The van der Waals surface area contributed by atoms with Gasteiger partial charge in [0.25, 0.3) is 0 Å². The van der Waals surface area contributed by atoms with E-state index >= 15 is 0 Å². The summed E-state index contributed by atoms with van der Waals surface area (Å²) in [5, 5.41) is 11.9. The Balaban J connectivity index is 2.12. The van der Waals surface area contributed by atoms with Crippen molar-refractivity contribution in [2.45, 2.75) is 6.42 Å². The van der Waals surface area contributed by atoms with Gasteiger partial charge in [-0.05, 0) is 24.3 Å². The average Bonchev–Trinajstić information content (AvgIpc) is 2.25. The van der Waals surface area contributed by atoms with Gasteiger partial charge in [0.1, 0.15) is 0 Å². The second-order valence-electron chi connectivity index (χ2n) is 3.20. The quantitative estimate of drug-likeness (QED) is 0.490. The Morgan fingerprint density at radius 3 is 2.80 bits per heavy atom. The largest absolute Gasteiger partial charge is 0.397 e. The van der Waals surface area contributed by atoms with Gasteiger partial charge in [0.2, 0.25) is 0 Å². The highest BCUT2D eigenvalue weighted by Crippen LogP contribution is 2.16. The van der Waals surface area contributed by atoms with Gasteiger partial charge in [-0.15, -0.1) is 0 Å². The predicted molar refractivity (Wildman–Crippen MR) is 68.4 cm³/mol. The lowest BCUT2D eigenvalue weighted by atomic mass is 10.3. The number of anilines is 2. The molecule has 1 aromatic rings. The van der Waals surface area contributed by atoms with Crippen molar-refractivity contribution in [1.82, 2.24) is 0 Å². The molecule has 0 atom stereocenters. The summed E-state index contributed by atoms with van der Waals surface area (Å²) < 4.78 is 0. The second-order valence-corrected chi connectivity index (χ2v) is 4.43. The zero-order chi connectivity index (χ0) is 10.9. The molecule has 0 amide bonds. The Labute approximate surface area is 95.1 Å². The van der Waals surface area contributed by atoms with Gasteiger partial charge in [0.15, 0.2) is 0 Å². The first-order valence-electron chi connectivity index (χ1n) is 5.11. The first kappa shape index (κ1) is 12.2. The lowest BCUT2D eigenvalue weighted by molar-refractivity contribution is 0.296. The van der Waals surface area contributed by atoms with Crippen molar-refractivity contribution in [2.75, 3.05) is 35.7 Å². The smallest absolute Gasteiger partial charge is 0.0574 e. The van der Waals surface area contributed by atoms with Crippen LogP contribution in [0.15, 0.2) is 24.3 Å². The van der Waals surface area contributed by atoms with Crippen molar-refractivity contribution < 1.29 is 5.11 Å². The fraction of sp³-hybridized carbons (Fsp3) is 0.455. The van der Waals surface area contributed by atoms with E-state index in [4.69, 9.17) is 10.8 Å². The molecule has 0 aliphatic rings. The number of nitrogens with one attached hydrogen (secondary N) is 1. The lowest BCUT2D eigenvalue weighted by Crippen LogP contribution is -2.06. The molecule has 1 rings (SSSR count). The van der Waals surface area contributed by atoms with E-state index < -0.39 is 0 Å². The molecule has 0 saturated heterocycles. The highest BCUT2D eigenvalue weighted by atomic mass is 32.2. The van der Waals surface area contributed by atoms with E-state index in [0.29, 0.717) is 0 Å². The monoisotopic (exact) mass is 226 g/mol. The van der Waals surface area contributed by atoms with Gasteiger partial charge in [-0.25, -0.2) is 0 Å². The lowest BCUT2D eigenvalue weighted by Gasteiger charge is -2.08. The van der Waals surface area contributed by atoms with Crippen molar-refractivity contribution in [3.63, 3.8) is 0 Å². The summed E-state index contributed by atoms with van der Waals surface area (Å²) in [5.74, 6) is 2.05. The van der Waals surface area contributed by atoms with Gasteiger partial charge >= 0.3 is 0 Å². The maximum Gasteiger partial charge on any atom is 0.0574 e.